The number of rotatable bonds is 6. The molecule has 4 nitrogen and oxygen atoms in total. The third-order valence-electron chi connectivity index (χ3n) is 2.58. The summed E-state index contributed by atoms with van der Waals surface area (Å²) >= 11 is 0. The van der Waals surface area contributed by atoms with E-state index in [-0.39, 0.29) is 13.0 Å². The van der Waals surface area contributed by atoms with E-state index in [1.165, 1.54) is 0 Å². The molecule has 0 fully saturated rings. The number of carbonyl (C=O) groups is 1. The topological polar surface area (TPSA) is 69.6 Å². The highest BCUT2D eigenvalue weighted by Gasteiger charge is 2.24. The van der Waals surface area contributed by atoms with E-state index in [1.807, 2.05) is 37.3 Å². The number of aliphatic carboxylic acids is 1. The second kappa shape index (κ2) is 5.63. The minimum Gasteiger partial charge on any atom is -0.481 e. The fourth-order valence-electron chi connectivity index (χ4n) is 1.50. The number of aliphatic hydroxyl groups is 1. The van der Waals surface area contributed by atoms with Crippen LogP contribution in [0, 0.1) is 0 Å². The van der Waals surface area contributed by atoms with Crippen LogP contribution in [0.15, 0.2) is 30.3 Å². The molecule has 0 aromatic heterocycles. The second-order valence-corrected chi connectivity index (χ2v) is 3.93. The Hall–Kier alpha value is -1.39. The van der Waals surface area contributed by atoms with Gasteiger partial charge in [-0.25, -0.2) is 0 Å². The van der Waals surface area contributed by atoms with Crippen molar-refractivity contribution >= 4 is 5.97 Å². The molecule has 1 rings (SSSR count). The number of hydrogen-bond donors (Lipinski definition) is 3. The maximum atomic E-state index is 10.4. The Kier molecular flexibility index (Phi) is 4.46. The van der Waals surface area contributed by atoms with E-state index in [1.54, 1.807) is 0 Å². The standard InChI is InChI=1S/C12H17NO3/c1-12(9-14,13-8-7-11(15)16)10-5-3-2-4-6-10/h2-6,13-14H,7-9H2,1H3,(H,15,16). The lowest BCUT2D eigenvalue weighted by Gasteiger charge is -2.29. The van der Waals surface area contributed by atoms with Crippen molar-refractivity contribution in [2.24, 2.45) is 0 Å². The van der Waals surface area contributed by atoms with Gasteiger partial charge in [-0.15, -0.1) is 0 Å². The van der Waals surface area contributed by atoms with Gasteiger partial charge in [-0.1, -0.05) is 30.3 Å². The lowest BCUT2D eigenvalue weighted by atomic mass is 9.93. The Labute approximate surface area is 94.9 Å². The first-order valence-corrected chi connectivity index (χ1v) is 5.22. The van der Waals surface area contributed by atoms with Gasteiger partial charge < -0.3 is 15.5 Å². The average Bonchev–Trinajstić information content (AvgIpc) is 2.29. The van der Waals surface area contributed by atoms with Crippen molar-refractivity contribution in [2.45, 2.75) is 18.9 Å². The van der Waals surface area contributed by atoms with Gasteiger partial charge in [0.05, 0.1) is 18.6 Å². The normalized spacial score (nSPS) is 14.4. The van der Waals surface area contributed by atoms with E-state index >= 15 is 0 Å². The lowest BCUT2D eigenvalue weighted by Crippen LogP contribution is -2.43. The molecular formula is C12H17NO3. The van der Waals surface area contributed by atoms with Crippen molar-refractivity contribution in [1.29, 1.82) is 0 Å². The van der Waals surface area contributed by atoms with E-state index in [4.69, 9.17) is 5.11 Å². The van der Waals surface area contributed by atoms with E-state index < -0.39 is 11.5 Å². The lowest BCUT2D eigenvalue weighted by molar-refractivity contribution is -0.137. The van der Waals surface area contributed by atoms with Crippen LogP contribution < -0.4 is 5.32 Å². The molecule has 16 heavy (non-hydrogen) atoms. The number of aliphatic hydroxyl groups excluding tert-OH is 1. The van der Waals surface area contributed by atoms with Crippen LogP contribution in [0.2, 0.25) is 0 Å². The molecule has 0 aliphatic rings. The molecule has 1 atom stereocenters. The summed E-state index contributed by atoms with van der Waals surface area (Å²) in [5.41, 5.74) is 0.361. The summed E-state index contributed by atoms with van der Waals surface area (Å²) in [6.45, 7) is 2.11. The molecule has 3 N–H and O–H groups in total. The highest BCUT2D eigenvalue weighted by Crippen LogP contribution is 2.19. The maximum absolute atomic E-state index is 10.4. The summed E-state index contributed by atoms with van der Waals surface area (Å²) in [6.07, 6.45) is 0.0441. The summed E-state index contributed by atoms with van der Waals surface area (Å²) in [5, 5.41) is 21.0. The molecule has 0 radical (unpaired) electrons. The van der Waals surface area contributed by atoms with E-state index in [9.17, 15) is 9.90 Å². The molecule has 0 amide bonds. The van der Waals surface area contributed by atoms with Gasteiger partial charge in [0.2, 0.25) is 0 Å². The molecular weight excluding hydrogens is 206 g/mol. The molecule has 0 heterocycles. The first kappa shape index (κ1) is 12.7. The third kappa shape index (κ3) is 3.32. The number of hydrogen-bond acceptors (Lipinski definition) is 3. The molecule has 88 valence electrons. The van der Waals surface area contributed by atoms with Crippen LogP contribution in [-0.4, -0.2) is 29.3 Å². The SMILES string of the molecule is CC(CO)(NCCC(=O)O)c1ccccc1. The summed E-state index contributed by atoms with van der Waals surface area (Å²) in [7, 11) is 0. The van der Waals surface area contributed by atoms with E-state index in [0.29, 0.717) is 6.54 Å². The molecule has 1 aromatic rings. The van der Waals surface area contributed by atoms with Crippen LogP contribution >= 0.6 is 0 Å². The Balaban J connectivity index is 2.67. The first-order chi connectivity index (χ1) is 7.58. The number of carboxylic acid groups (broad SMARTS) is 1. The van der Waals surface area contributed by atoms with E-state index in [2.05, 4.69) is 5.32 Å². The van der Waals surface area contributed by atoms with Crippen molar-refractivity contribution in [3.05, 3.63) is 35.9 Å². The van der Waals surface area contributed by atoms with Crippen LogP contribution in [0.4, 0.5) is 0 Å². The van der Waals surface area contributed by atoms with Crippen molar-refractivity contribution in [2.75, 3.05) is 13.2 Å². The fraction of sp³-hybridized carbons (Fsp3) is 0.417. The number of carboxylic acids is 1. The zero-order valence-corrected chi connectivity index (χ0v) is 9.31. The predicted octanol–water partition coefficient (Wildman–Crippen LogP) is 0.958. The molecule has 0 saturated carbocycles. The van der Waals surface area contributed by atoms with Gasteiger partial charge in [-0.3, -0.25) is 4.79 Å². The summed E-state index contributed by atoms with van der Waals surface area (Å²) in [6, 6.07) is 9.50. The Morgan fingerprint density at radius 1 is 1.38 bits per heavy atom. The Morgan fingerprint density at radius 3 is 2.50 bits per heavy atom. The van der Waals surface area contributed by atoms with Gasteiger partial charge in [-0.05, 0) is 12.5 Å². The highest BCUT2D eigenvalue weighted by atomic mass is 16.4. The molecule has 0 aliphatic heterocycles. The van der Waals surface area contributed by atoms with Crippen LogP contribution in [0.5, 0.6) is 0 Å². The van der Waals surface area contributed by atoms with E-state index in [0.717, 1.165) is 5.56 Å². The smallest absolute Gasteiger partial charge is 0.304 e. The molecule has 4 heteroatoms. The molecule has 0 aliphatic carbocycles. The minimum atomic E-state index is -0.846. The fourth-order valence-corrected chi connectivity index (χ4v) is 1.50. The third-order valence-corrected chi connectivity index (χ3v) is 2.58. The molecule has 0 bridgehead atoms. The van der Waals surface area contributed by atoms with Gasteiger partial charge in [0.15, 0.2) is 0 Å². The maximum Gasteiger partial charge on any atom is 0.304 e. The van der Waals surface area contributed by atoms with Crippen LogP contribution in [0.3, 0.4) is 0 Å². The van der Waals surface area contributed by atoms with Crippen molar-refractivity contribution in [3.8, 4) is 0 Å². The summed E-state index contributed by atoms with van der Waals surface area (Å²) in [5.74, 6) is -0.846. The van der Waals surface area contributed by atoms with Crippen LogP contribution in [0.25, 0.3) is 0 Å². The molecule has 1 aromatic carbocycles. The molecule has 0 saturated heterocycles. The van der Waals surface area contributed by atoms with Crippen LogP contribution in [-0.2, 0) is 10.3 Å². The van der Waals surface area contributed by atoms with Gasteiger partial charge in [0, 0.05) is 6.54 Å². The largest absolute Gasteiger partial charge is 0.481 e. The quantitative estimate of drug-likeness (QED) is 0.672. The van der Waals surface area contributed by atoms with Crippen molar-refractivity contribution in [1.82, 2.24) is 5.32 Å². The van der Waals surface area contributed by atoms with Gasteiger partial charge >= 0.3 is 5.97 Å². The summed E-state index contributed by atoms with van der Waals surface area (Å²) in [4.78, 5) is 10.4. The Morgan fingerprint density at radius 2 is 2.00 bits per heavy atom. The zero-order chi connectivity index (χ0) is 12.0. The van der Waals surface area contributed by atoms with Gasteiger partial charge in [-0.2, -0.15) is 0 Å². The van der Waals surface area contributed by atoms with Gasteiger partial charge in [0.1, 0.15) is 0 Å². The van der Waals surface area contributed by atoms with Crippen molar-refractivity contribution in [3.63, 3.8) is 0 Å². The zero-order valence-electron chi connectivity index (χ0n) is 9.31. The number of benzene rings is 1. The molecule has 1 unspecified atom stereocenters. The monoisotopic (exact) mass is 223 g/mol. The first-order valence-electron chi connectivity index (χ1n) is 5.22. The highest BCUT2D eigenvalue weighted by molar-refractivity contribution is 5.66. The molecule has 0 spiro atoms. The Bertz CT molecular complexity index is 339. The second-order valence-electron chi connectivity index (χ2n) is 3.93. The van der Waals surface area contributed by atoms with Gasteiger partial charge in [0.25, 0.3) is 0 Å². The van der Waals surface area contributed by atoms with Crippen LogP contribution in [0.1, 0.15) is 18.9 Å². The predicted molar refractivity (Wildman–Crippen MR) is 61.1 cm³/mol. The number of nitrogens with one attached hydrogen (secondary N) is 1. The summed E-state index contributed by atoms with van der Waals surface area (Å²) < 4.78 is 0. The van der Waals surface area contributed by atoms with Crippen molar-refractivity contribution < 1.29 is 15.0 Å². The average molecular weight is 223 g/mol. The minimum absolute atomic E-state index is 0.0441.